The maximum atomic E-state index is 11.9. The largest absolute Gasteiger partial charge is 0.459 e. The molecule has 3 atom stereocenters. The van der Waals surface area contributed by atoms with E-state index in [1.54, 1.807) is 12.1 Å². The highest BCUT2D eigenvalue weighted by atomic mass is 16.5. The molecule has 4 nitrogen and oxygen atoms in total. The second-order valence-corrected chi connectivity index (χ2v) is 5.26. The quantitative estimate of drug-likeness (QED) is 0.817. The first-order valence-corrected chi connectivity index (χ1v) is 6.48. The van der Waals surface area contributed by atoms with Crippen molar-refractivity contribution in [3.63, 3.8) is 0 Å². The van der Waals surface area contributed by atoms with Crippen molar-refractivity contribution in [3.8, 4) is 0 Å². The number of nitrogens with zero attached hydrogens (tertiary/aromatic N) is 1. The standard InChI is InChI=1S/C14H20N2O2/c1-9-3-4-12(7-10(9)2)18-14(17)11-5-6-16-13(15)8-11/h5-6,8-10,12H,3-4,7H2,1-2H3,(H2,15,16). The fraction of sp³-hybridized carbons (Fsp3) is 0.571. The van der Waals surface area contributed by atoms with Gasteiger partial charge in [-0.05, 0) is 43.2 Å². The van der Waals surface area contributed by atoms with Crippen LogP contribution < -0.4 is 5.73 Å². The summed E-state index contributed by atoms with van der Waals surface area (Å²) >= 11 is 0. The molecule has 1 fully saturated rings. The summed E-state index contributed by atoms with van der Waals surface area (Å²) in [7, 11) is 0. The van der Waals surface area contributed by atoms with E-state index in [2.05, 4.69) is 18.8 Å². The average molecular weight is 248 g/mol. The van der Waals surface area contributed by atoms with Crippen molar-refractivity contribution in [2.24, 2.45) is 11.8 Å². The normalized spacial score (nSPS) is 27.8. The summed E-state index contributed by atoms with van der Waals surface area (Å²) < 4.78 is 5.53. The maximum Gasteiger partial charge on any atom is 0.338 e. The monoisotopic (exact) mass is 248 g/mol. The number of ether oxygens (including phenoxy) is 1. The summed E-state index contributed by atoms with van der Waals surface area (Å²) in [6, 6.07) is 3.19. The number of anilines is 1. The van der Waals surface area contributed by atoms with Crippen LogP contribution in [0.2, 0.25) is 0 Å². The zero-order valence-electron chi connectivity index (χ0n) is 10.9. The van der Waals surface area contributed by atoms with E-state index in [0.29, 0.717) is 17.3 Å². The smallest absolute Gasteiger partial charge is 0.338 e. The summed E-state index contributed by atoms with van der Waals surface area (Å²) in [5.74, 6) is 1.38. The molecule has 1 aliphatic rings. The van der Waals surface area contributed by atoms with Gasteiger partial charge in [0.15, 0.2) is 0 Å². The molecule has 1 aromatic rings. The predicted molar refractivity (Wildman–Crippen MR) is 70.0 cm³/mol. The molecule has 1 heterocycles. The van der Waals surface area contributed by atoms with Gasteiger partial charge in [-0.1, -0.05) is 13.8 Å². The van der Waals surface area contributed by atoms with Gasteiger partial charge in [0.25, 0.3) is 0 Å². The molecule has 0 saturated heterocycles. The molecule has 0 aromatic carbocycles. The summed E-state index contributed by atoms with van der Waals surface area (Å²) in [4.78, 5) is 15.8. The summed E-state index contributed by atoms with van der Waals surface area (Å²) in [5.41, 5.74) is 6.03. The average Bonchev–Trinajstić information content (AvgIpc) is 2.34. The Morgan fingerprint density at radius 2 is 2.17 bits per heavy atom. The van der Waals surface area contributed by atoms with Crippen LogP contribution in [-0.2, 0) is 4.74 Å². The van der Waals surface area contributed by atoms with Crippen LogP contribution in [0.25, 0.3) is 0 Å². The number of esters is 1. The van der Waals surface area contributed by atoms with Crippen LogP contribution in [0.3, 0.4) is 0 Å². The molecule has 0 radical (unpaired) electrons. The van der Waals surface area contributed by atoms with Gasteiger partial charge in [0.1, 0.15) is 11.9 Å². The van der Waals surface area contributed by atoms with Gasteiger partial charge in [-0.25, -0.2) is 9.78 Å². The molecule has 0 amide bonds. The lowest BCUT2D eigenvalue weighted by atomic mass is 9.80. The van der Waals surface area contributed by atoms with Crippen molar-refractivity contribution >= 4 is 11.8 Å². The second-order valence-electron chi connectivity index (χ2n) is 5.26. The van der Waals surface area contributed by atoms with Crippen molar-refractivity contribution in [2.45, 2.75) is 39.2 Å². The van der Waals surface area contributed by atoms with Crippen LogP contribution in [0.15, 0.2) is 18.3 Å². The Kier molecular flexibility index (Phi) is 3.84. The van der Waals surface area contributed by atoms with Crippen molar-refractivity contribution < 1.29 is 9.53 Å². The van der Waals surface area contributed by atoms with Crippen LogP contribution in [0.5, 0.6) is 0 Å². The molecule has 1 saturated carbocycles. The molecule has 18 heavy (non-hydrogen) atoms. The topological polar surface area (TPSA) is 65.2 Å². The van der Waals surface area contributed by atoms with E-state index < -0.39 is 0 Å². The Morgan fingerprint density at radius 3 is 2.83 bits per heavy atom. The minimum Gasteiger partial charge on any atom is -0.459 e. The summed E-state index contributed by atoms with van der Waals surface area (Å²) in [6.07, 6.45) is 4.60. The van der Waals surface area contributed by atoms with E-state index in [1.807, 2.05) is 0 Å². The lowest BCUT2D eigenvalue weighted by Gasteiger charge is -2.31. The minimum absolute atomic E-state index is 0.0399. The molecule has 0 bridgehead atoms. The van der Waals surface area contributed by atoms with Gasteiger partial charge in [0.05, 0.1) is 5.56 Å². The first kappa shape index (κ1) is 12.9. The molecule has 2 N–H and O–H groups in total. The Bertz CT molecular complexity index is 434. The number of aromatic nitrogens is 1. The Balaban J connectivity index is 1.96. The van der Waals surface area contributed by atoms with Gasteiger partial charge in [0, 0.05) is 6.20 Å². The van der Waals surface area contributed by atoms with Crippen molar-refractivity contribution in [1.82, 2.24) is 4.98 Å². The highest BCUT2D eigenvalue weighted by Crippen LogP contribution is 2.31. The lowest BCUT2D eigenvalue weighted by molar-refractivity contribution is 0.00878. The van der Waals surface area contributed by atoms with Gasteiger partial charge in [0.2, 0.25) is 0 Å². The van der Waals surface area contributed by atoms with Crippen LogP contribution in [-0.4, -0.2) is 17.1 Å². The Labute approximate surface area is 108 Å². The van der Waals surface area contributed by atoms with Crippen LogP contribution in [0.1, 0.15) is 43.5 Å². The van der Waals surface area contributed by atoms with Crippen molar-refractivity contribution in [2.75, 3.05) is 5.73 Å². The highest BCUT2D eigenvalue weighted by molar-refractivity contribution is 5.90. The van der Waals surface area contributed by atoms with E-state index in [-0.39, 0.29) is 12.1 Å². The van der Waals surface area contributed by atoms with E-state index >= 15 is 0 Å². The third-order valence-electron chi connectivity index (χ3n) is 3.84. The SMILES string of the molecule is CC1CCC(OC(=O)c2ccnc(N)c2)CC1C. The molecule has 0 aliphatic heterocycles. The van der Waals surface area contributed by atoms with E-state index in [1.165, 1.54) is 6.20 Å². The molecule has 1 aromatic heterocycles. The van der Waals surface area contributed by atoms with Crippen LogP contribution in [0.4, 0.5) is 5.82 Å². The lowest BCUT2D eigenvalue weighted by Crippen LogP contribution is -2.28. The zero-order valence-corrected chi connectivity index (χ0v) is 10.9. The fourth-order valence-corrected chi connectivity index (χ4v) is 2.40. The van der Waals surface area contributed by atoms with E-state index in [4.69, 9.17) is 10.5 Å². The Hall–Kier alpha value is -1.58. The molecule has 4 heteroatoms. The number of hydrogen-bond acceptors (Lipinski definition) is 4. The molecule has 0 spiro atoms. The van der Waals surface area contributed by atoms with Gasteiger partial charge in [-0.15, -0.1) is 0 Å². The summed E-state index contributed by atoms with van der Waals surface area (Å²) in [6.45, 7) is 4.47. The first-order chi connectivity index (χ1) is 8.56. The molecule has 2 rings (SSSR count). The van der Waals surface area contributed by atoms with Gasteiger partial charge in [-0.3, -0.25) is 0 Å². The number of carbonyl (C=O) groups excluding carboxylic acids is 1. The second kappa shape index (κ2) is 5.38. The maximum absolute atomic E-state index is 11.9. The number of nitrogen functional groups attached to an aromatic ring is 1. The number of nitrogens with two attached hydrogens (primary N) is 1. The van der Waals surface area contributed by atoms with E-state index in [9.17, 15) is 4.79 Å². The molecule has 3 unspecified atom stereocenters. The molecular weight excluding hydrogens is 228 g/mol. The number of rotatable bonds is 2. The summed E-state index contributed by atoms with van der Waals surface area (Å²) in [5, 5.41) is 0. The van der Waals surface area contributed by atoms with Crippen LogP contribution in [0, 0.1) is 11.8 Å². The third kappa shape index (κ3) is 3.00. The fourth-order valence-electron chi connectivity index (χ4n) is 2.40. The number of hydrogen-bond donors (Lipinski definition) is 1. The van der Waals surface area contributed by atoms with Crippen molar-refractivity contribution in [1.29, 1.82) is 0 Å². The minimum atomic E-state index is -0.296. The zero-order chi connectivity index (χ0) is 13.1. The van der Waals surface area contributed by atoms with Crippen molar-refractivity contribution in [3.05, 3.63) is 23.9 Å². The highest BCUT2D eigenvalue weighted by Gasteiger charge is 2.27. The molecule has 1 aliphatic carbocycles. The van der Waals surface area contributed by atoms with Gasteiger partial charge in [-0.2, -0.15) is 0 Å². The van der Waals surface area contributed by atoms with E-state index in [0.717, 1.165) is 25.2 Å². The van der Waals surface area contributed by atoms with Gasteiger partial charge < -0.3 is 10.5 Å². The third-order valence-corrected chi connectivity index (χ3v) is 3.84. The Morgan fingerprint density at radius 1 is 1.39 bits per heavy atom. The van der Waals surface area contributed by atoms with Crippen LogP contribution >= 0.6 is 0 Å². The first-order valence-electron chi connectivity index (χ1n) is 6.48. The molecule has 98 valence electrons. The molecular formula is C14H20N2O2. The van der Waals surface area contributed by atoms with Gasteiger partial charge >= 0.3 is 5.97 Å². The number of carbonyl (C=O) groups is 1. The predicted octanol–water partition coefficient (Wildman–Crippen LogP) is 2.65. The number of pyridine rings is 1.